The van der Waals surface area contributed by atoms with E-state index < -0.39 is 0 Å². The van der Waals surface area contributed by atoms with Gasteiger partial charge < -0.3 is 15.0 Å². The molecule has 1 N–H and O–H groups in total. The molecule has 18 heavy (non-hydrogen) atoms. The number of benzene rings is 1. The van der Waals surface area contributed by atoms with Gasteiger partial charge in [0.2, 0.25) is 0 Å². The average Bonchev–Trinajstić information content (AvgIpc) is 2.55. The van der Waals surface area contributed by atoms with Crippen molar-refractivity contribution < 1.29 is 4.74 Å². The van der Waals surface area contributed by atoms with Gasteiger partial charge in [-0.25, -0.2) is 0 Å². The third kappa shape index (κ3) is 2.85. The summed E-state index contributed by atoms with van der Waals surface area (Å²) in [4.78, 5) is 2.45. The molecule has 1 atom stereocenters. The lowest BCUT2D eigenvalue weighted by Crippen LogP contribution is -2.49. The molecule has 2 rings (SSSR count). The van der Waals surface area contributed by atoms with Gasteiger partial charge in [-0.2, -0.15) is 0 Å². The van der Waals surface area contributed by atoms with Crippen LogP contribution in [0.15, 0.2) is 24.3 Å². The van der Waals surface area contributed by atoms with Crippen molar-refractivity contribution in [1.29, 1.82) is 0 Å². The summed E-state index contributed by atoms with van der Waals surface area (Å²) < 4.78 is 5.24. The number of nitrogens with zero attached hydrogens (tertiary/aromatic N) is 1. The van der Waals surface area contributed by atoms with E-state index in [0.29, 0.717) is 0 Å². The van der Waals surface area contributed by atoms with Gasteiger partial charge in [-0.3, -0.25) is 0 Å². The number of methoxy groups -OCH3 is 1. The van der Waals surface area contributed by atoms with E-state index in [9.17, 15) is 0 Å². The molecule has 0 aliphatic carbocycles. The van der Waals surface area contributed by atoms with Crippen LogP contribution in [-0.2, 0) is 11.3 Å². The van der Waals surface area contributed by atoms with E-state index in [1.165, 1.54) is 11.3 Å². The zero-order valence-corrected chi connectivity index (χ0v) is 11.7. The largest absolute Gasteiger partial charge is 0.383 e. The van der Waals surface area contributed by atoms with Crippen LogP contribution in [0.3, 0.4) is 0 Å². The minimum Gasteiger partial charge on any atom is -0.383 e. The molecule has 3 nitrogen and oxygen atoms in total. The maximum Gasteiger partial charge on any atom is 0.0637 e. The van der Waals surface area contributed by atoms with Crippen molar-refractivity contribution in [3.8, 4) is 0 Å². The van der Waals surface area contributed by atoms with Crippen molar-refractivity contribution in [3.05, 3.63) is 29.8 Å². The summed E-state index contributed by atoms with van der Waals surface area (Å²) in [5.41, 5.74) is 2.90. The van der Waals surface area contributed by atoms with Crippen molar-refractivity contribution in [3.63, 3.8) is 0 Å². The van der Waals surface area contributed by atoms with Gasteiger partial charge in [-0.1, -0.05) is 25.1 Å². The van der Waals surface area contributed by atoms with Crippen molar-refractivity contribution >= 4 is 5.69 Å². The fraction of sp³-hybridized carbons (Fsp3) is 0.600. The fourth-order valence-corrected chi connectivity index (χ4v) is 2.48. The van der Waals surface area contributed by atoms with Gasteiger partial charge in [0.1, 0.15) is 0 Å². The number of ether oxygens (including phenoxy) is 1. The van der Waals surface area contributed by atoms with Gasteiger partial charge in [0, 0.05) is 38.0 Å². The highest BCUT2D eigenvalue weighted by atomic mass is 16.5. The monoisotopic (exact) mass is 248 g/mol. The van der Waals surface area contributed by atoms with Crippen LogP contribution in [0.25, 0.3) is 0 Å². The molecule has 0 aromatic heterocycles. The van der Waals surface area contributed by atoms with E-state index in [2.05, 4.69) is 48.3 Å². The first kappa shape index (κ1) is 13.4. The molecule has 1 aromatic rings. The van der Waals surface area contributed by atoms with E-state index >= 15 is 0 Å². The second-order valence-corrected chi connectivity index (χ2v) is 5.31. The van der Waals surface area contributed by atoms with E-state index in [-0.39, 0.29) is 5.54 Å². The number of nitrogens with one attached hydrogen (secondary N) is 1. The predicted molar refractivity (Wildman–Crippen MR) is 76.1 cm³/mol. The summed E-state index contributed by atoms with van der Waals surface area (Å²) in [5, 5.41) is 3.69. The Balaban J connectivity index is 2.26. The third-order valence-corrected chi connectivity index (χ3v) is 3.92. The van der Waals surface area contributed by atoms with Gasteiger partial charge in [-0.15, -0.1) is 0 Å². The van der Waals surface area contributed by atoms with Gasteiger partial charge >= 0.3 is 0 Å². The zero-order chi connectivity index (χ0) is 13.0. The Labute approximate surface area is 110 Å². The Morgan fingerprint density at radius 2 is 2.17 bits per heavy atom. The van der Waals surface area contributed by atoms with Crippen LogP contribution >= 0.6 is 0 Å². The molecule has 1 heterocycles. The third-order valence-electron chi connectivity index (χ3n) is 3.92. The van der Waals surface area contributed by atoms with E-state index in [0.717, 1.165) is 32.7 Å². The Morgan fingerprint density at radius 1 is 1.39 bits per heavy atom. The highest BCUT2D eigenvalue weighted by Crippen LogP contribution is 2.27. The highest BCUT2D eigenvalue weighted by molar-refractivity contribution is 5.55. The first-order valence-corrected chi connectivity index (χ1v) is 6.75. The maximum atomic E-state index is 5.24. The molecule has 0 saturated carbocycles. The quantitative estimate of drug-likeness (QED) is 0.885. The Kier molecular flexibility index (Phi) is 4.25. The van der Waals surface area contributed by atoms with E-state index in [1.54, 1.807) is 7.11 Å². The van der Waals surface area contributed by atoms with Crippen LogP contribution < -0.4 is 10.2 Å². The molecule has 1 unspecified atom stereocenters. The molecule has 0 spiro atoms. The molecule has 0 saturated heterocycles. The molecular weight excluding hydrogens is 224 g/mol. The first-order chi connectivity index (χ1) is 8.68. The molecule has 1 aliphatic heterocycles. The zero-order valence-electron chi connectivity index (χ0n) is 11.7. The molecule has 0 radical (unpaired) electrons. The Morgan fingerprint density at radius 3 is 2.89 bits per heavy atom. The summed E-state index contributed by atoms with van der Waals surface area (Å²) in [7, 11) is 1.76. The summed E-state index contributed by atoms with van der Waals surface area (Å²) >= 11 is 0. The van der Waals surface area contributed by atoms with Crippen LogP contribution in [0.2, 0.25) is 0 Å². The van der Waals surface area contributed by atoms with Crippen LogP contribution in [0, 0.1) is 0 Å². The van der Waals surface area contributed by atoms with Gasteiger partial charge in [0.05, 0.1) is 6.61 Å². The Bertz CT molecular complexity index is 394. The smallest absolute Gasteiger partial charge is 0.0637 e. The van der Waals surface area contributed by atoms with E-state index in [1.807, 2.05) is 0 Å². The summed E-state index contributed by atoms with van der Waals surface area (Å²) in [6, 6.07) is 8.66. The van der Waals surface area contributed by atoms with Crippen LogP contribution in [-0.4, -0.2) is 32.3 Å². The number of hydrogen-bond acceptors (Lipinski definition) is 3. The lowest BCUT2D eigenvalue weighted by molar-refractivity contribution is 0.203. The Hall–Kier alpha value is -1.06. The fourth-order valence-electron chi connectivity index (χ4n) is 2.48. The topological polar surface area (TPSA) is 24.5 Å². The normalized spacial score (nSPS) is 23.6. The lowest BCUT2D eigenvalue weighted by Gasteiger charge is -2.34. The number of hydrogen-bond donors (Lipinski definition) is 1. The molecule has 0 fully saturated rings. The van der Waals surface area contributed by atoms with E-state index in [4.69, 9.17) is 4.74 Å². The van der Waals surface area contributed by atoms with Gasteiger partial charge in [-0.05, 0) is 25.0 Å². The van der Waals surface area contributed by atoms with Crippen molar-refractivity contribution in [2.75, 3.05) is 31.7 Å². The second-order valence-electron chi connectivity index (χ2n) is 5.31. The molecule has 1 aliphatic rings. The standard InChI is InChI=1S/C15H24N2O/c1-4-15(2)12-17(9-10-18-3)14-8-6-5-7-13(14)11-16-15/h5-8,16H,4,9-12H2,1-3H3. The summed E-state index contributed by atoms with van der Waals surface area (Å²) in [5.74, 6) is 0. The summed E-state index contributed by atoms with van der Waals surface area (Å²) in [6.45, 7) is 8.25. The van der Waals surface area contributed by atoms with Crippen molar-refractivity contribution in [1.82, 2.24) is 5.32 Å². The van der Waals surface area contributed by atoms with Crippen molar-refractivity contribution in [2.24, 2.45) is 0 Å². The molecule has 100 valence electrons. The maximum absolute atomic E-state index is 5.24. The van der Waals surface area contributed by atoms with Crippen LogP contribution in [0.4, 0.5) is 5.69 Å². The summed E-state index contributed by atoms with van der Waals surface area (Å²) in [6.07, 6.45) is 1.13. The highest BCUT2D eigenvalue weighted by Gasteiger charge is 2.28. The molecule has 0 bridgehead atoms. The molecule has 1 aromatic carbocycles. The lowest BCUT2D eigenvalue weighted by atomic mass is 9.98. The predicted octanol–water partition coefficient (Wildman–Crippen LogP) is 2.41. The number of anilines is 1. The SMILES string of the molecule is CCC1(C)CN(CCOC)c2ccccc2CN1. The van der Waals surface area contributed by atoms with Gasteiger partial charge in [0.25, 0.3) is 0 Å². The average molecular weight is 248 g/mol. The van der Waals surface area contributed by atoms with Crippen LogP contribution in [0.1, 0.15) is 25.8 Å². The molecular formula is C15H24N2O. The molecule has 3 heteroatoms. The van der Waals surface area contributed by atoms with Crippen molar-refractivity contribution in [2.45, 2.75) is 32.4 Å². The number of fused-ring (bicyclic) bond motifs is 1. The minimum atomic E-state index is 0.173. The first-order valence-electron chi connectivity index (χ1n) is 6.75. The number of rotatable bonds is 4. The van der Waals surface area contributed by atoms with Gasteiger partial charge in [0.15, 0.2) is 0 Å². The minimum absolute atomic E-state index is 0.173. The second kappa shape index (κ2) is 5.72. The molecule has 0 amide bonds. The number of para-hydroxylation sites is 1. The van der Waals surface area contributed by atoms with Crippen LogP contribution in [0.5, 0.6) is 0 Å².